The molecule has 18 heavy (non-hydrogen) atoms. The van der Waals surface area contributed by atoms with Gasteiger partial charge in [0.2, 0.25) is 0 Å². The first-order chi connectivity index (χ1) is 8.74. The maximum atomic E-state index is 6.24. The largest absolute Gasteiger partial charge is 0.397 e. The minimum atomic E-state index is 0.625. The fourth-order valence-electron chi connectivity index (χ4n) is 3.03. The highest BCUT2D eigenvalue weighted by molar-refractivity contribution is 6.33. The second-order valence-electron chi connectivity index (χ2n) is 5.21. The monoisotopic (exact) mass is 266 g/mol. The lowest BCUT2D eigenvalue weighted by molar-refractivity contribution is 0.133. The average Bonchev–Trinajstić information content (AvgIpc) is 2.38. The number of nitrogens with zero attached hydrogens (tertiary/aromatic N) is 3. The Morgan fingerprint density at radius 3 is 3.00 bits per heavy atom. The molecule has 2 N–H and O–H groups in total. The average molecular weight is 267 g/mol. The van der Waals surface area contributed by atoms with Crippen LogP contribution in [0.15, 0.2) is 12.3 Å². The molecule has 4 nitrogen and oxygen atoms in total. The molecule has 1 unspecified atom stereocenters. The van der Waals surface area contributed by atoms with Crippen LogP contribution in [0.25, 0.3) is 0 Å². The number of piperidine rings is 1. The van der Waals surface area contributed by atoms with Gasteiger partial charge >= 0.3 is 0 Å². The first kappa shape index (κ1) is 12.1. The molecule has 3 rings (SSSR count). The minimum Gasteiger partial charge on any atom is -0.397 e. The van der Waals surface area contributed by atoms with Crippen LogP contribution in [0.4, 0.5) is 11.5 Å². The van der Waals surface area contributed by atoms with Gasteiger partial charge in [-0.15, -0.1) is 0 Å². The van der Waals surface area contributed by atoms with Crippen molar-refractivity contribution in [2.24, 2.45) is 0 Å². The number of rotatable bonds is 1. The summed E-state index contributed by atoms with van der Waals surface area (Å²) in [6.45, 7) is 4.41. The van der Waals surface area contributed by atoms with E-state index in [9.17, 15) is 0 Å². The normalized spacial score (nSPS) is 24.9. The fraction of sp³-hybridized carbons (Fsp3) is 0.615. The second-order valence-corrected chi connectivity index (χ2v) is 5.61. The summed E-state index contributed by atoms with van der Waals surface area (Å²) >= 11 is 6.24. The van der Waals surface area contributed by atoms with Crippen LogP contribution in [0.2, 0.25) is 5.02 Å². The SMILES string of the molecule is Nc1cnc(N2CCN3CCCCC3C2)c(Cl)c1. The molecule has 2 fully saturated rings. The van der Waals surface area contributed by atoms with Crippen molar-refractivity contribution in [2.75, 3.05) is 36.8 Å². The Morgan fingerprint density at radius 2 is 2.17 bits per heavy atom. The highest BCUT2D eigenvalue weighted by atomic mass is 35.5. The number of fused-ring (bicyclic) bond motifs is 1. The predicted octanol–water partition coefficient (Wildman–Crippen LogP) is 1.99. The van der Waals surface area contributed by atoms with Gasteiger partial charge in [-0.05, 0) is 25.5 Å². The maximum absolute atomic E-state index is 6.24. The van der Waals surface area contributed by atoms with Crippen LogP contribution in [0.5, 0.6) is 0 Å². The van der Waals surface area contributed by atoms with Crippen LogP contribution < -0.4 is 10.6 Å². The van der Waals surface area contributed by atoms with E-state index in [-0.39, 0.29) is 0 Å². The molecule has 0 aromatic carbocycles. The van der Waals surface area contributed by atoms with Gasteiger partial charge in [0.1, 0.15) is 5.82 Å². The van der Waals surface area contributed by atoms with Gasteiger partial charge in [-0.2, -0.15) is 0 Å². The summed E-state index contributed by atoms with van der Waals surface area (Å²) in [5, 5.41) is 0.666. The third kappa shape index (κ3) is 2.27. The van der Waals surface area contributed by atoms with Gasteiger partial charge in [0.25, 0.3) is 0 Å². The van der Waals surface area contributed by atoms with Crippen molar-refractivity contribution in [3.8, 4) is 0 Å². The Labute approximate surface area is 113 Å². The van der Waals surface area contributed by atoms with E-state index >= 15 is 0 Å². The minimum absolute atomic E-state index is 0.625. The molecule has 1 aromatic rings. The van der Waals surface area contributed by atoms with Crippen LogP contribution in [0.3, 0.4) is 0 Å². The molecule has 0 amide bonds. The lowest BCUT2D eigenvalue weighted by Crippen LogP contribution is -2.55. The molecular formula is C13H19ClN4. The zero-order valence-corrected chi connectivity index (χ0v) is 11.2. The van der Waals surface area contributed by atoms with Gasteiger partial charge in [-0.1, -0.05) is 18.0 Å². The molecular weight excluding hydrogens is 248 g/mol. The van der Waals surface area contributed by atoms with Gasteiger partial charge < -0.3 is 10.6 Å². The summed E-state index contributed by atoms with van der Waals surface area (Å²) in [4.78, 5) is 9.29. The molecule has 2 saturated heterocycles. The number of hydrogen-bond acceptors (Lipinski definition) is 4. The van der Waals surface area contributed by atoms with Gasteiger partial charge in [-0.3, -0.25) is 4.90 Å². The Morgan fingerprint density at radius 1 is 1.28 bits per heavy atom. The zero-order chi connectivity index (χ0) is 12.5. The Balaban J connectivity index is 1.77. The van der Waals surface area contributed by atoms with Gasteiger partial charge in [0, 0.05) is 25.7 Å². The molecule has 1 aromatic heterocycles. The van der Waals surface area contributed by atoms with Crippen LogP contribution in [-0.4, -0.2) is 42.1 Å². The number of halogens is 1. The summed E-state index contributed by atoms with van der Waals surface area (Å²) in [5.41, 5.74) is 6.31. The van der Waals surface area contributed by atoms with Crippen molar-refractivity contribution in [3.05, 3.63) is 17.3 Å². The topological polar surface area (TPSA) is 45.4 Å². The standard InChI is InChI=1S/C13H19ClN4/c14-12-7-10(15)8-16-13(12)18-6-5-17-4-2-1-3-11(17)9-18/h7-8,11H,1-6,9,15H2. The van der Waals surface area contributed by atoms with Crippen LogP contribution in [0.1, 0.15) is 19.3 Å². The Hall–Kier alpha value is -1.00. The Bertz CT molecular complexity index is 437. The number of pyridine rings is 1. The van der Waals surface area contributed by atoms with Crippen LogP contribution in [0, 0.1) is 0 Å². The molecule has 5 heteroatoms. The van der Waals surface area contributed by atoms with E-state index in [4.69, 9.17) is 17.3 Å². The molecule has 0 aliphatic carbocycles. The van der Waals surface area contributed by atoms with Crippen molar-refractivity contribution < 1.29 is 0 Å². The van der Waals surface area contributed by atoms with Crippen LogP contribution >= 0.6 is 11.6 Å². The van der Waals surface area contributed by atoms with E-state index in [0.29, 0.717) is 16.8 Å². The van der Waals surface area contributed by atoms with Crippen molar-refractivity contribution in [1.29, 1.82) is 0 Å². The quantitative estimate of drug-likeness (QED) is 0.844. The number of nitrogen functional groups attached to an aromatic ring is 1. The van der Waals surface area contributed by atoms with E-state index in [0.717, 1.165) is 25.5 Å². The number of aromatic nitrogens is 1. The number of anilines is 2. The summed E-state index contributed by atoms with van der Waals surface area (Å²) < 4.78 is 0. The molecule has 98 valence electrons. The molecule has 0 radical (unpaired) electrons. The lowest BCUT2D eigenvalue weighted by atomic mass is 9.99. The van der Waals surface area contributed by atoms with E-state index < -0.39 is 0 Å². The molecule has 2 aliphatic heterocycles. The number of piperazine rings is 1. The molecule has 3 heterocycles. The number of hydrogen-bond donors (Lipinski definition) is 1. The van der Waals surface area contributed by atoms with Crippen molar-refractivity contribution in [2.45, 2.75) is 25.3 Å². The highest BCUT2D eigenvalue weighted by Crippen LogP contribution is 2.29. The smallest absolute Gasteiger partial charge is 0.147 e. The number of nitrogens with two attached hydrogens (primary N) is 1. The lowest BCUT2D eigenvalue weighted by Gasteiger charge is -2.44. The zero-order valence-electron chi connectivity index (χ0n) is 10.5. The third-order valence-electron chi connectivity index (χ3n) is 3.98. The van der Waals surface area contributed by atoms with E-state index in [2.05, 4.69) is 14.8 Å². The first-order valence-electron chi connectivity index (χ1n) is 6.64. The van der Waals surface area contributed by atoms with Gasteiger partial charge in [0.15, 0.2) is 0 Å². The van der Waals surface area contributed by atoms with E-state index in [1.54, 1.807) is 12.3 Å². The van der Waals surface area contributed by atoms with Crippen molar-refractivity contribution >= 4 is 23.1 Å². The van der Waals surface area contributed by atoms with Crippen molar-refractivity contribution in [3.63, 3.8) is 0 Å². The van der Waals surface area contributed by atoms with Gasteiger partial charge in [-0.25, -0.2) is 4.98 Å². The third-order valence-corrected chi connectivity index (χ3v) is 4.26. The predicted molar refractivity (Wildman–Crippen MR) is 75.1 cm³/mol. The molecule has 0 spiro atoms. The first-order valence-corrected chi connectivity index (χ1v) is 7.02. The molecule has 0 bridgehead atoms. The fourth-order valence-corrected chi connectivity index (χ4v) is 3.32. The summed E-state index contributed by atoms with van der Waals surface area (Å²) in [5.74, 6) is 0.885. The summed E-state index contributed by atoms with van der Waals surface area (Å²) in [7, 11) is 0. The summed E-state index contributed by atoms with van der Waals surface area (Å²) in [6, 6.07) is 2.46. The summed E-state index contributed by atoms with van der Waals surface area (Å²) in [6.07, 6.45) is 5.67. The second kappa shape index (κ2) is 4.94. The van der Waals surface area contributed by atoms with Crippen molar-refractivity contribution in [1.82, 2.24) is 9.88 Å². The molecule has 2 aliphatic rings. The molecule has 1 atom stereocenters. The van der Waals surface area contributed by atoms with E-state index in [1.165, 1.54) is 25.8 Å². The van der Waals surface area contributed by atoms with Gasteiger partial charge in [0.05, 0.1) is 16.9 Å². The van der Waals surface area contributed by atoms with E-state index in [1.807, 2.05) is 0 Å². The van der Waals surface area contributed by atoms with Crippen LogP contribution in [-0.2, 0) is 0 Å². The Kier molecular flexibility index (Phi) is 3.31. The highest BCUT2D eigenvalue weighted by Gasteiger charge is 2.30. The maximum Gasteiger partial charge on any atom is 0.147 e. The molecule has 0 saturated carbocycles.